The summed E-state index contributed by atoms with van der Waals surface area (Å²) in [5, 5.41) is 10.2. The van der Waals surface area contributed by atoms with E-state index in [4.69, 9.17) is 13.5 Å². The zero-order chi connectivity index (χ0) is 21.0. The molecule has 0 saturated carbocycles. The maximum atomic E-state index is 8.95. The summed E-state index contributed by atoms with van der Waals surface area (Å²) < 4.78 is 13.3. The number of hydrogen-bond acceptors (Lipinski definition) is 3. The molecule has 0 aliphatic carbocycles. The molecule has 150 valence electrons. The average Bonchev–Trinajstić information content (AvgIpc) is 2.60. The van der Waals surface area contributed by atoms with Crippen LogP contribution in [0.4, 0.5) is 0 Å². The number of nitrogens with zero attached hydrogens (tertiary/aromatic N) is 1. The molecule has 0 aromatic heterocycles. The Hall–Kier alpha value is -1.50. The number of benzene rings is 2. The van der Waals surface area contributed by atoms with Gasteiger partial charge in [0, 0.05) is 0 Å². The van der Waals surface area contributed by atoms with Gasteiger partial charge in [-0.1, -0.05) is 49.7 Å². The van der Waals surface area contributed by atoms with Crippen molar-refractivity contribution < 1.29 is 8.23 Å². The van der Waals surface area contributed by atoms with Crippen LogP contribution in [0.3, 0.4) is 0 Å². The first-order chi connectivity index (χ1) is 13.0. The van der Waals surface area contributed by atoms with Crippen LogP contribution >= 0.6 is 0 Å². The Morgan fingerprint density at radius 1 is 0.786 bits per heavy atom. The van der Waals surface area contributed by atoms with E-state index in [1.54, 1.807) is 0 Å². The summed E-state index contributed by atoms with van der Waals surface area (Å²) in [6.45, 7) is 15.7. The van der Waals surface area contributed by atoms with Crippen molar-refractivity contribution in [1.29, 1.82) is 5.26 Å². The second kappa shape index (κ2) is 8.89. The first-order valence-electron chi connectivity index (χ1n) is 9.99. The normalized spacial score (nSPS) is 12.6. The predicted octanol–water partition coefficient (Wildman–Crippen LogP) is 5.99. The van der Waals surface area contributed by atoms with Crippen molar-refractivity contribution in [3.63, 3.8) is 0 Å². The molecule has 0 heterocycles. The topological polar surface area (TPSA) is 42.2 Å². The van der Waals surface area contributed by atoms with Crippen molar-refractivity contribution in [2.45, 2.75) is 58.7 Å². The average molecular weight is 428 g/mol. The quantitative estimate of drug-likeness (QED) is 0.486. The van der Waals surface area contributed by atoms with Gasteiger partial charge in [-0.25, -0.2) is 0 Å². The molecule has 0 amide bonds. The molecular formula is C22H33NO2Si3. The molecule has 2 aromatic rings. The summed E-state index contributed by atoms with van der Waals surface area (Å²) in [4.78, 5) is 0. The first-order valence-corrected chi connectivity index (χ1v) is 18.8. The van der Waals surface area contributed by atoms with Crippen molar-refractivity contribution in [3.05, 3.63) is 54.1 Å². The molecule has 0 atom stereocenters. The Labute approximate surface area is 173 Å². The minimum Gasteiger partial charge on any atom is -0.437 e. The third-order valence-electron chi connectivity index (χ3n) is 4.80. The van der Waals surface area contributed by atoms with Crippen LogP contribution in [-0.4, -0.2) is 25.2 Å². The van der Waals surface area contributed by atoms with E-state index in [2.05, 4.69) is 76.5 Å². The van der Waals surface area contributed by atoms with Gasteiger partial charge in [0.1, 0.15) is 0 Å². The smallest absolute Gasteiger partial charge is 0.311 e. The lowest BCUT2D eigenvalue weighted by molar-refractivity contribution is 0.394. The summed E-state index contributed by atoms with van der Waals surface area (Å²) in [6.07, 6.45) is 1.17. The van der Waals surface area contributed by atoms with E-state index < -0.39 is 25.2 Å². The van der Waals surface area contributed by atoms with Crippen molar-refractivity contribution >= 4 is 30.4 Å². The molecule has 3 nitrogen and oxygen atoms in total. The van der Waals surface area contributed by atoms with Gasteiger partial charge in [0.05, 0.1) is 11.6 Å². The van der Waals surface area contributed by atoms with E-state index in [1.165, 1.54) is 17.7 Å². The number of hydrogen-bond donors (Lipinski definition) is 0. The molecular weight excluding hydrogens is 395 g/mol. The van der Waals surface area contributed by atoms with Crippen molar-refractivity contribution in [2.24, 2.45) is 0 Å². The van der Waals surface area contributed by atoms with Crippen LogP contribution in [0.5, 0.6) is 0 Å². The van der Waals surface area contributed by atoms with Crippen molar-refractivity contribution in [2.75, 3.05) is 0 Å². The number of nitriles is 1. The lowest BCUT2D eigenvalue weighted by atomic mass is 10.0. The van der Waals surface area contributed by atoms with Crippen LogP contribution in [0.1, 0.15) is 18.9 Å². The molecule has 0 aliphatic rings. The summed E-state index contributed by atoms with van der Waals surface area (Å²) in [6, 6.07) is 19.7. The SMILES string of the molecule is CCC[Si](C)(C)O[Si](C)(C)O[Si](C)(C)c1ccc(-c2ccc(C#N)cc2)cc1. The molecule has 2 rings (SSSR count). The molecule has 0 bridgehead atoms. The van der Waals surface area contributed by atoms with Crippen LogP contribution < -0.4 is 5.19 Å². The second-order valence-corrected chi connectivity index (χ2v) is 20.9. The second-order valence-electron chi connectivity index (χ2n) is 8.89. The fraction of sp³-hybridized carbons (Fsp3) is 0.409. The Bertz CT molecular complexity index is 822. The zero-order valence-electron chi connectivity index (χ0n) is 18.3. The highest BCUT2D eigenvalue weighted by Gasteiger charge is 2.40. The standard InChI is InChI=1S/C22H33NO2Si3/c1-8-17-26(2,3)24-28(6,7)25-27(4,5)22-15-13-21(14-16-22)20-11-9-19(18-23)10-12-20/h9-16H,8,17H2,1-7H3. The summed E-state index contributed by atoms with van der Waals surface area (Å²) >= 11 is 0. The van der Waals surface area contributed by atoms with E-state index in [0.29, 0.717) is 5.56 Å². The Kier molecular flexibility index (Phi) is 7.23. The van der Waals surface area contributed by atoms with E-state index in [1.807, 2.05) is 24.3 Å². The zero-order valence-corrected chi connectivity index (χ0v) is 21.3. The fourth-order valence-corrected chi connectivity index (χ4v) is 17.6. The van der Waals surface area contributed by atoms with Gasteiger partial charge >= 0.3 is 8.56 Å². The summed E-state index contributed by atoms with van der Waals surface area (Å²) in [5.41, 5.74) is 2.96. The third kappa shape index (κ3) is 6.26. The lowest BCUT2D eigenvalue weighted by Gasteiger charge is -2.38. The highest BCUT2D eigenvalue weighted by atomic mass is 28.5. The van der Waals surface area contributed by atoms with Crippen LogP contribution in [0.15, 0.2) is 48.5 Å². The minimum absolute atomic E-state index is 0.684. The van der Waals surface area contributed by atoms with Crippen molar-refractivity contribution in [1.82, 2.24) is 0 Å². The van der Waals surface area contributed by atoms with Crippen LogP contribution in [0.25, 0.3) is 11.1 Å². The molecule has 6 heteroatoms. The van der Waals surface area contributed by atoms with Gasteiger partial charge in [-0.3, -0.25) is 0 Å². The molecule has 0 spiro atoms. The minimum atomic E-state index is -2.19. The van der Waals surface area contributed by atoms with Crippen molar-refractivity contribution in [3.8, 4) is 17.2 Å². The highest BCUT2D eigenvalue weighted by Crippen LogP contribution is 2.25. The molecule has 0 unspecified atom stereocenters. The maximum absolute atomic E-state index is 8.95. The van der Waals surface area contributed by atoms with Crippen LogP contribution in [0, 0.1) is 11.3 Å². The first kappa shape index (κ1) is 22.8. The molecule has 0 fully saturated rings. The Morgan fingerprint density at radius 3 is 1.75 bits per heavy atom. The third-order valence-corrected chi connectivity index (χ3v) is 16.4. The molecule has 0 N–H and O–H groups in total. The summed E-state index contributed by atoms with van der Waals surface area (Å²) in [7, 11) is -5.91. The van der Waals surface area contributed by atoms with Crippen LogP contribution in [-0.2, 0) is 8.23 Å². The van der Waals surface area contributed by atoms with Gasteiger partial charge in [-0.2, -0.15) is 5.26 Å². The van der Waals surface area contributed by atoms with E-state index in [-0.39, 0.29) is 0 Å². The lowest BCUT2D eigenvalue weighted by Crippen LogP contribution is -2.56. The molecule has 28 heavy (non-hydrogen) atoms. The van der Waals surface area contributed by atoms with E-state index in [0.717, 1.165) is 11.1 Å². The van der Waals surface area contributed by atoms with E-state index >= 15 is 0 Å². The highest BCUT2D eigenvalue weighted by molar-refractivity contribution is 6.93. The molecule has 0 saturated heterocycles. The monoisotopic (exact) mass is 427 g/mol. The van der Waals surface area contributed by atoms with Gasteiger partial charge < -0.3 is 8.23 Å². The van der Waals surface area contributed by atoms with Gasteiger partial charge in [0.15, 0.2) is 8.32 Å². The maximum Gasteiger partial charge on any atom is 0.311 e. The van der Waals surface area contributed by atoms with Crippen LogP contribution in [0.2, 0.25) is 45.3 Å². The van der Waals surface area contributed by atoms with Gasteiger partial charge in [0.25, 0.3) is 0 Å². The predicted molar refractivity (Wildman–Crippen MR) is 126 cm³/mol. The van der Waals surface area contributed by atoms with Gasteiger partial charge in [0.2, 0.25) is 8.32 Å². The van der Waals surface area contributed by atoms with Gasteiger partial charge in [-0.05, 0) is 73.8 Å². The molecule has 0 aliphatic heterocycles. The summed E-state index contributed by atoms with van der Waals surface area (Å²) in [5.74, 6) is 0. The largest absolute Gasteiger partial charge is 0.437 e. The van der Waals surface area contributed by atoms with E-state index in [9.17, 15) is 0 Å². The van der Waals surface area contributed by atoms with Gasteiger partial charge in [-0.15, -0.1) is 0 Å². The number of rotatable bonds is 8. The molecule has 0 radical (unpaired) electrons. The Morgan fingerprint density at radius 2 is 1.29 bits per heavy atom. The fourth-order valence-electron chi connectivity index (χ4n) is 3.81. The Balaban J connectivity index is 2.15. The molecule has 2 aromatic carbocycles.